The Hall–Kier alpha value is -1.49. The van der Waals surface area contributed by atoms with Crippen molar-refractivity contribution in [1.82, 2.24) is 0 Å². The van der Waals surface area contributed by atoms with E-state index in [9.17, 15) is 5.26 Å². The number of nitriles is 1. The first kappa shape index (κ1) is 14.9. The average Bonchev–Trinajstić information content (AvgIpc) is 2.44. The first-order chi connectivity index (χ1) is 9.63. The summed E-state index contributed by atoms with van der Waals surface area (Å²) >= 11 is 0. The van der Waals surface area contributed by atoms with Crippen LogP contribution < -0.4 is 4.74 Å². The normalized spacial score (nSPS) is 26.0. The van der Waals surface area contributed by atoms with Gasteiger partial charge in [-0.2, -0.15) is 5.26 Å². The van der Waals surface area contributed by atoms with Gasteiger partial charge in [-0.05, 0) is 56.2 Å². The van der Waals surface area contributed by atoms with Crippen LogP contribution in [0.5, 0.6) is 5.75 Å². The maximum atomic E-state index is 9.35. The third-order valence-corrected chi connectivity index (χ3v) is 4.39. The number of hydrogen-bond donors (Lipinski definition) is 0. The number of benzene rings is 1. The molecule has 0 amide bonds. The van der Waals surface area contributed by atoms with E-state index in [4.69, 9.17) is 4.74 Å². The van der Waals surface area contributed by atoms with Gasteiger partial charge in [0.2, 0.25) is 0 Å². The quantitative estimate of drug-likeness (QED) is 0.788. The standard InChI is InChI=1S/C18H25NO/c1-4-5-15-8-9-16(12-19)18(11-15)20-17-10-13(2)6-7-14(17)3/h6-7,10,15-16,18H,4-5,8-9,11H2,1-3H3. The lowest BCUT2D eigenvalue weighted by molar-refractivity contribution is 0.0868. The van der Waals surface area contributed by atoms with Gasteiger partial charge in [0.05, 0.1) is 12.0 Å². The summed E-state index contributed by atoms with van der Waals surface area (Å²) in [4.78, 5) is 0. The summed E-state index contributed by atoms with van der Waals surface area (Å²) < 4.78 is 6.22. The van der Waals surface area contributed by atoms with E-state index in [-0.39, 0.29) is 12.0 Å². The second kappa shape index (κ2) is 6.79. The van der Waals surface area contributed by atoms with Crippen LogP contribution in [0, 0.1) is 37.0 Å². The molecule has 0 bridgehead atoms. The summed E-state index contributed by atoms with van der Waals surface area (Å²) in [5.41, 5.74) is 2.37. The Morgan fingerprint density at radius 3 is 2.80 bits per heavy atom. The van der Waals surface area contributed by atoms with Crippen molar-refractivity contribution in [2.75, 3.05) is 0 Å². The van der Waals surface area contributed by atoms with E-state index >= 15 is 0 Å². The van der Waals surface area contributed by atoms with Crippen LogP contribution in [0.4, 0.5) is 0 Å². The van der Waals surface area contributed by atoms with Crippen LogP contribution in [0.2, 0.25) is 0 Å². The summed E-state index contributed by atoms with van der Waals surface area (Å²) in [7, 11) is 0. The molecule has 3 unspecified atom stereocenters. The van der Waals surface area contributed by atoms with Gasteiger partial charge in [0.1, 0.15) is 11.9 Å². The van der Waals surface area contributed by atoms with Crippen LogP contribution in [0.3, 0.4) is 0 Å². The van der Waals surface area contributed by atoms with Gasteiger partial charge in [-0.1, -0.05) is 31.9 Å². The molecule has 0 radical (unpaired) electrons. The van der Waals surface area contributed by atoms with E-state index < -0.39 is 0 Å². The Morgan fingerprint density at radius 2 is 2.10 bits per heavy atom. The van der Waals surface area contributed by atoms with Crippen molar-refractivity contribution >= 4 is 0 Å². The number of aryl methyl sites for hydroxylation is 2. The Balaban J connectivity index is 2.11. The minimum Gasteiger partial charge on any atom is -0.489 e. The average molecular weight is 271 g/mol. The predicted molar refractivity (Wildman–Crippen MR) is 81.7 cm³/mol. The van der Waals surface area contributed by atoms with Crippen molar-refractivity contribution in [1.29, 1.82) is 5.26 Å². The van der Waals surface area contributed by atoms with Crippen LogP contribution in [0.25, 0.3) is 0 Å². The lowest BCUT2D eigenvalue weighted by atomic mass is 9.78. The third-order valence-electron chi connectivity index (χ3n) is 4.39. The molecular weight excluding hydrogens is 246 g/mol. The van der Waals surface area contributed by atoms with Crippen molar-refractivity contribution < 1.29 is 4.74 Å². The Kier molecular flexibility index (Phi) is 5.06. The molecule has 0 aromatic heterocycles. The molecule has 1 aliphatic rings. The fraction of sp³-hybridized carbons (Fsp3) is 0.611. The van der Waals surface area contributed by atoms with Gasteiger partial charge in [0, 0.05) is 0 Å². The molecule has 20 heavy (non-hydrogen) atoms. The minimum absolute atomic E-state index is 0.0445. The predicted octanol–water partition coefficient (Wildman–Crippen LogP) is 4.79. The highest BCUT2D eigenvalue weighted by molar-refractivity contribution is 5.36. The molecular formula is C18H25NO. The molecule has 0 aliphatic heterocycles. The fourth-order valence-corrected chi connectivity index (χ4v) is 3.16. The molecule has 1 fully saturated rings. The van der Waals surface area contributed by atoms with Crippen LogP contribution in [0.15, 0.2) is 18.2 Å². The highest BCUT2D eigenvalue weighted by atomic mass is 16.5. The van der Waals surface area contributed by atoms with Crippen molar-refractivity contribution in [2.45, 2.75) is 59.0 Å². The maximum Gasteiger partial charge on any atom is 0.122 e. The molecule has 0 N–H and O–H groups in total. The molecule has 1 aliphatic carbocycles. The molecule has 0 spiro atoms. The number of hydrogen-bond acceptors (Lipinski definition) is 2. The highest BCUT2D eigenvalue weighted by Gasteiger charge is 2.32. The molecule has 2 nitrogen and oxygen atoms in total. The van der Waals surface area contributed by atoms with E-state index in [2.05, 4.69) is 45.0 Å². The molecule has 2 rings (SSSR count). The SMILES string of the molecule is CCCC1CCC(C#N)C(Oc2cc(C)ccc2C)C1. The second-order valence-electron chi connectivity index (χ2n) is 6.13. The topological polar surface area (TPSA) is 33.0 Å². The molecule has 1 aromatic carbocycles. The molecule has 108 valence electrons. The lowest BCUT2D eigenvalue weighted by Crippen LogP contribution is -2.33. The Labute approximate surface area is 122 Å². The molecule has 1 aromatic rings. The molecule has 0 saturated heterocycles. The van der Waals surface area contributed by atoms with Gasteiger partial charge in [-0.15, -0.1) is 0 Å². The van der Waals surface area contributed by atoms with E-state index in [1.807, 2.05) is 0 Å². The maximum absolute atomic E-state index is 9.35. The summed E-state index contributed by atoms with van der Waals surface area (Å²) in [5.74, 6) is 1.72. The summed E-state index contributed by atoms with van der Waals surface area (Å²) in [6, 6.07) is 8.73. The summed E-state index contributed by atoms with van der Waals surface area (Å²) in [6.45, 7) is 6.38. The summed E-state index contributed by atoms with van der Waals surface area (Å²) in [6.07, 6.45) is 5.73. The van der Waals surface area contributed by atoms with Gasteiger partial charge < -0.3 is 4.74 Å². The number of ether oxygens (including phenoxy) is 1. The molecule has 3 atom stereocenters. The monoisotopic (exact) mass is 271 g/mol. The number of rotatable bonds is 4. The lowest BCUT2D eigenvalue weighted by Gasteiger charge is -2.33. The largest absolute Gasteiger partial charge is 0.489 e. The van der Waals surface area contributed by atoms with Gasteiger partial charge in [0.25, 0.3) is 0 Å². The van der Waals surface area contributed by atoms with Crippen LogP contribution in [0.1, 0.15) is 50.2 Å². The van der Waals surface area contributed by atoms with Crippen LogP contribution in [-0.2, 0) is 0 Å². The van der Waals surface area contributed by atoms with Crippen molar-refractivity contribution in [3.05, 3.63) is 29.3 Å². The molecule has 0 heterocycles. The van der Waals surface area contributed by atoms with Crippen LogP contribution >= 0.6 is 0 Å². The molecule has 2 heteroatoms. The Bertz CT molecular complexity index is 489. The van der Waals surface area contributed by atoms with Crippen molar-refractivity contribution in [3.8, 4) is 11.8 Å². The second-order valence-corrected chi connectivity index (χ2v) is 6.13. The first-order valence-electron chi connectivity index (χ1n) is 7.77. The van der Waals surface area contributed by atoms with Crippen LogP contribution in [-0.4, -0.2) is 6.10 Å². The van der Waals surface area contributed by atoms with Gasteiger partial charge in [0.15, 0.2) is 0 Å². The van der Waals surface area contributed by atoms with E-state index in [1.54, 1.807) is 0 Å². The Morgan fingerprint density at radius 1 is 1.30 bits per heavy atom. The zero-order valence-corrected chi connectivity index (χ0v) is 12.9. The van der Waals surface area contributed by atoms with Gasteiger partial charge >= 0.3 is 0 Å². The van der Waals surface area contributed by atoms with E-state index in [0.717, 1.165) is 30.1 Å². The smallest absolute Gasteiger partial charge is 0.122 e. The number of nitrogens with zero attached hydrogens (tertiary/aromatic N) is 1. The fourth-order valence-electron chi connectivity index (χ4n) is 3.16. The van der Waals surface area contributed by atoms with Gasteiger partial charge in [-0.3, -0.25) is 0 Å². The zero-order chi connectivity index (χ0) is 14.5. The molecule has 1 saturated carbocycles. The van der Waals surface area contributed by atoms with Crippen molar-refractivity contribution in [3.63, 3.8) is 0 Å². The summed E-state index contributed by atoms with van der Waals surface area (Å²) in [5, 5.41) is 9.35. The third kappa shape index (κ3) is 3.54. The van der Waals surface area contributed by atoms with Gasteiger partial charge in [-0.25, -0.2) is 0 Å². The highest BCUT2D eigenvalue weighted by Crippen LogP contribution is 2.35. The van der Waals surface area contributed by atoms with E-state index in [0.29, 0.717) is 0 Å². The zero-order valence-electron chi connectivity index (χ0n) is 12.9. The first-order valence-corrected chi connectivity index (χ1v) is 7.77. The van der Waals surface area contributed by atoms with E-state index in [1.165, 1.54) is 24.8 Å². The van der Waals surface area contributed by atoms with Crippen molar-refractivity contribution in [2.24, 2.45) is 11.8 Å². The minimum atomic E-state index is 0.0445.